The van der Waals surface area contributed by atoms with Crippen molar-refractivity contribution in [2.24, 2.45) is 0 Å². The van der Waals surface area contributed by atoms with Gasteiger partial charge in [-0.3, -0.25) is 4.90 Å². The van der Waals surface area contributed by atoms with Crippen molar-refractivity contribution in [2.75, 3.05) is 6.54 Å². The van der Waals surface area contributed by atoms with Gasteiger partial charge in [-0.2, -0.15) is 0 Å². The van der Waals surface area contributed by atoms with E-state index < -0.39 is 0 Å². The summed E-state index contributed by atoms with van der Waals surface area (Å²) >= 11 is 0. The molecule has 20 heavy (non-hydrogen) atoms. The number of hydrogen-bond acceptors (Lipinski definition) is 4. The smallest absolute Gasteiger partial charge is 0.151 e. The van der Waals surface area contributed by atoms with E-state index in [0.717, 1.165) is 37.1 Å². The molecule has 1 unspecified atom stereocenters. The second kappa shape index (κ2) is 7.79. The van der Waals surface area contributed by atoms with Crippen molar-refractivity contribution in [3.8, 4) is 0 Å². The van der Waals surface area contributed by atoms with Gasteiger partial charge in [0.1, 0.15) is 0 Å². The monoisotopic (exact) mass is 279 g/mol. The van der Waals surface area contributed by atoms with Crippen LogP contribution in [0.2, 0.25) is 0 Å². The molecule has 4 heteroatoms. The first-order valence-electron chi connectivity index (χ1n) is 8.14. The van der Waals surface area contributed by atoms with Gasteiger partial charge in [0.15, 0.2) is 5.76 Å². The number of aromatic nitrogens is 1. The molecule has 114 valence electrons. The molecule has 1 aromatic heterocycles. The zero-order valence-electron chi connectivity index (χ0n) is 13.2. The minimum absolute atomic E-state index is 0.597. The topological polar surface area (TPSA) is 41.3 Å². The summed E-state index contributed by atoms with van der Waals surface area (Å²) in [7, 11) is 0. The summed E-state index contributed by atoms with van der Waals surface area (Å²) in [5.41, 5.74) is 1.03. The van der Waals surface area contributed by atoms with Gasteiger partial charge in [-0.05, 0) is 39.2 Å². The maximum atomic E-state index is 5.49. The average molecular weight is 279 g/mol. The molecule has 0 amide bonds. The molecule has 1 aliphatic rings. The molecule has 2 rings (SSSR count). The van der Waals surface area contributed by atoms with Crippen LogP contribution in [0, 0.1) is 0 Å². The van der Waals surface area contributed by atoms with Crippen molar-refractivity contribution >= 4 is 0 Å². The van der Waals surface area contributed by atoms with Crippen LogP contribution in [0.4, 0.5) is 0 Å². The molecule has 0 radical (unpaired) electrons. The zero-order chi connectivity index (χ0) is 14.4. The predicted molar refractivity (Wildman–Crippen MR) is 81.4 cm³/mol. The molecule has 1 heterocycles. The maximum absolute atomic E-state index is 5.49. The lowest BCUT2D eigenvalue weighted by molar-refractivity contribution is 0.171. The highest BCUT2D eigenvalue weighted by Gasteiger charge is 2.21. The fourth-order valence-electron chi connectivity index (χ4n) is 2.32. The Kier molecular flexibility index (Phi) is 6.05. The van der Waals surface area contributed by atoms with E-state index in [1.807, 2.05) is 0 Å². The highest BCUT2D eigenvalue weighted by atomic mass is 16.5. The Labute approximate surface area is 122 Å². The van der Waals surface area contributed by atoms with Crippen molar-refractivity contribution in [2.45, 2.75) is 78.0 Å². The molecule has 1 fully saturated rings. The molecule has 0 aromatic carbocycles. The molecule has 1 atom stereocenters. The van der Waals surface area contributed by atoms with Gasteiger partial charge in [0.25, 0.3) is 0 Å². The van der Waals surface area contributed by atoms with Crippen LogP contribution in [0.5, 0.6) is 0 Å². The largest absolute Gasteiger partial charge is 0.360 e. The third kappa shape index (κ3) is 4.91. The highest BCUT2D eigenvalue weighted by Crippen LogP contribution is 2.19. The Balaban J connectivity index is 1.84. The van der Waals surface area contributed by atoms with Crippen LogP contribution in [0.25, 0.3) is 0 Å². The summed E-state index contributed by atoms with van der Waals surface area (Å²) in [5, 5.41) is 7.64. The quantitative estimate of drug-likeness (QED) is 0.713. The van der Waals surface area contributed by atoms with Crippen LogP contribution in [-0.2, 0) is 13.1 Å². The summed E-state index contributed by atoms with van der Waals surface area (Å²) in [6, 6.07) is 3.42. The molecule has 4 nitrogen and oxygen atoms in total. The van der Waals surface area contributed by atoms with Gasteiger partial charge >= 0.3 is 0 Å². The number of nitrogens with zero attached hydrogens (tertiary/aromatic N) is 2. The van der Waals surface area contributed by atoms with Crippen molar-refractivity contribution in [3.63, 3.8) is 0 Å². The molecule has 0 spiro atoms. The van der Waals surface area contributed by atoms with Gasteiger partial charge in [0.2, 0.25) is 0 Å². The maximum Gasteiger partial charge on any atom is 0.151 e. The van der Waals surface area contributed by atoms with E-state index in [1.54, 1.807) is 0 Å². The van der Waals surface area contributed by atoms with E-state index in [1.165, 1.54) is 32.1 Å². The van der Waals surface area contributed by atoms with Crippen molar-refractivity contribution in [1.82, 2.24) is 15.4 Å². The van der Waals surface area contributed by atoms with Gasteiger partial charge in [-0.15, -0.1) is 0 Å². The van der Waals surface area contributed by atoms with E-state index in [0.29, 0.717) is 6.04 Å². The van der Waals surface area contributed by atoms with E-state index in [2.05, 4.69) is 42.2 Å². The molecule has 1 N–H and O–H groups in total. The SMILES string of the molecule is CCCCN(Cc1cc(CNC2CC2)no1)C(C)CC. The van der Waals surface area contributed by atoms with Crippen molar-refractivity contribution < 1.29 is 4.52 Å². The van der Waals surface area contributed by atoms with Gasteiger partial charge in [0.05, 0.1) is 12.2 Å². The van der Waals surface area contributed by atoms with Gasteiger partial charge < -0.3 is 9.84 Å². The predicted octanol–water partition coefficient (Wildman–Crippen LogP) is 3.33. The van der Waals surface area contributed by atoms with Crippen LogP contribution in [0.15, 0.2) is 10.6 Å². The molecule has 0 aliphatic heterocycles. The number of hydrogen-bond donors (Lipinski definition) is 1. The summed E-state index contributed by atoms with van der Waals surface area (Å²) < 4.78 is 5.49. The van der Waals surface area contributed by atoms with Crippen molar-refractivity contribution in [3.05, 3.63) is 17.5 Å². The molecule has 0 bridgehead atoms. The highest BCUT2D eigenvalue weighted by molar-refractivity contribution is 5.06. The van der Waals surface area contributed by atoms with E-state index in [4.69, 9.17) is 4.52 Å². The summed E-state index contributed by atoms with van der Waals surface area (Å²) in [6.07, 6.45) is 6.27. The van der Waals surface area contributed by atoms with E-state index in [-0.39, 0.29) is 0 Å². The summed E-state index contributed by atoms with van der Waals surface area (Å²) in [6.45, 7) is 9.64. The normalized spacial score (nSPS) is 16.8. The van der Waals surface area contributed by atoms with Crippen LogP contribution in [0.1, 0.15) is 64.3 Å². The molecule has 1 aromatic rings. The fourth-order valence-corrected chi connectivity index (χ4v) is 2.32. The minimum Gasteiger partial charge on any atom is -0.360 e. The van der Waals surface area contributed by atoms with Crippen LogP contribution >= 0.6 is 0 Å². The second-order valence-corrected chi connectivity index (χ2v) is 6.02. The number of nitrogens with one attached hydrogen (secondary N) is 1. The Bertz CT molecular complexity index is 387. The van der Waals surface area contributed by atoms with Gasteiger partial charge in [0, 0.05) is 24.7 Å². The van der Waals surface area contributed by atoms with Gasteiger partial charge in [-0.1, -0.05) is 25.4 Å². The lowest BCUT2D eigenvalue weighted by atomic mass is 10.2. The van der Waals surface area contributed by atoms with Crippen LogP contribution in [0.3, 0.4) is 0 Å². The average Bonchev–Trinajstić information content (AvgIpc) is 3.19. The lowest BCUT2D eigenvalue weighted by Gasteiger charge is -2.27. The fraction of sp³-hybridized carbons (Fsp3) is 0.812. The van der Waals surface area contributed by atoms with Crippen molar-refractivity contribution in [1.29, 1.82) is 0 Å². The summed E-state index contributed by atoms with van der Waals surface area (Å²) in [4.78, 5) is 2.50. The molecule has 1 aliphatic carbocycles. The zero-order valence-corrected chi connectivity index (χ0v) is 13.2. The summed E-state index contributed by atoms with van der Waals surface area (Å²) in [5.74, 6) is 0.994. The molecular formula is C16H29N3O. The first-order chi connectivity index (χ1) is 9.72. The standard InChI is InChI=1S/C16H29N3O/c1-4-6-9-19(13(3)5-2)12-16-10-15(18-20-16)11-17-14-7-8-14/h10,13-14,17H,4-9,11-12H2,1-3H3. The Morgan fingerprint density at radius 3 is 2.90 bits per heavy atom. The number of rotatable bonds is 10. The van der Waals surface area contributed by atoms with Crippen LogP contribution in [-0.4, -0.2) is 28.7 Å². The van der Waals surface area contributed by atoms with Gasteiger partial charge in [-0.25, -0.2) is 0 Å². The van der Waals surface area contributed by atoms with E-state index in [9.17, 15) is 0 Å². The number of unbranched alkanes of at least 4 members (excludes halogenated alkanes) is 1. The lowest BCUT2D eigenvalue weighted by Crippen LogP contribution is -2.32. The Hall–Kier alpha value is -0.870. The van der Waals surface area contributed by atoms with Crippen LogP contribution < -0.4 is 5.32 Å². The third-order valence-corrected chi connectivity index (χ3v) is 4.13. The molecule has 0 saturated heterocycles. The Morgan fingerprint density at radius 2 is 2.25 bits per heavy atom. The first kappa shape index (κ1) is 15.5. The molecular weight excluding hydrogens is 250 g/mol. The third-order valence-electron chi connectivity index (χ3n) is 4.13. The Morgan fingerprint density at radius 1 is 1.45 bits per heavy atom. The molecule has 1 saturated carbocycles. The second-order valence-electron chi connectivity index (χ2n) is 6.02. The first-order valence-corrected chi connectivity index (χ1v) is 8.14. The van der Waals surface area contributed by atoms with E-state index >= 15 is 0 Å². The minimum atomic E-state index is 0.597.